The second-order valence-corrected chi connectivity index (χ2v) is 11.2. The molecule has 1 heterocycles. The molecule has 0 saturated heterocycles. The number of amides is 1. The number of nitrogens with one attached hydrogen (secondary N) is 1. The summed E-state index contributed by atoms with van der Waals surface area (Å²) in [5.41, 5.74) is 1.59. The highest BCUT2D eigenvalue weighted by Crippen LogP contribution is 2.38. The highest BCUT2D eigenvalue weighted by Gasteiger charge is 2.30. The molecule has 10 heteroatoms. The third kappa shape index (κ3) is 5.39. The van der Waals surface area contributed by atoms with Crippen molar-refractivity contribution >= 4 is 43.9 Å². The van der Waals surface area contributed by atoms with Gasteiger partial charge in [-0.2, -0.15) is 0 Å². The molecule has 190 valence electrons. The number of nitrogens with zero attached hydrogens (tertiary/aromatic N) is 1. The fourth-order valence-corrected chi connectivity index (χ4v) is 6.91. The Morgan fingerprint density at radius 1 is 1.03 bits per heavy atom. The van der Waals surface area contributed by atoms with Gasteiger partial charge in [0.05, 0.1) is 29.9 Å². The van der Waals surface area contributed by atoms with Crippen LogP contribution in [0.2, 0.25) is 0 Å². The minimum atomic E-state index is -4.06. The summed E-state index contributed by atoms with van der Waals surface area (Å²) in [5, 5.41) is 3.18. The Morgan fingerprint density at radius 2 is 1.72 bits per heavy atom. The Balaban J connectivity index is 1.66. The van der Waals surface area contributed by atoms with Gasteiger partial charge in [0, 0.05) is 4.88 Å². The number of hydrogen-bond donors (Lipinski definition) is 1. The summed E-state index contributed by atoms with van der Waals surface area (Å²) < 4.78 is 38.6. The number of aryl methyl sites for hydroxylation is 1. The maximum absolute atomic E-state index is 13.6. The molecule has 1 N–H and O–H groups in total. The number of rotatable bonds is 9. The molecule has 36 heavy (non-hydrogen) atoms. The zero-order valence-corrected chi connectivity index (χ0v) is 21.8. The van der Waals surface area contributed by atoms with Crippen molar-refractivity contribution in [3.8, 4) is 5.75 Å². The number of carbonyl (C=O) groups excluding carboxylic acids is 2. The molecule has 8 nitrogen and oxygen atoms in total. The van der Waals surface area contributed by atoms with E-state index in [-0.39, 0.29) is 4.90 Å². The smallest absolute Gasteiger partial charge is 0.341 e. The summed E-state index contributed by atoms with van der Waals surface area (Å²) in [6, 6.07) is 14.5. The SMILES string of the molecule is CCOc1ccc(N(CC(=O)Nc2sc3c(c2C(=O)OC)CCCC3)S(=O)(=O)c2ccccc2)cc1. The quantitative estimate of drug-likeness (QED) is 0.406. The summed E-state index contributed by atoms with van der Waals surface area (Å²) in [5.74, 6) is -0.480. The minimum Gasteiger partial charge on any atom is -0.494 e. The van der Waals surface area contributed by atoms with Crippen LogP contribution in [-0.4, -0.2) is 40.6 Å². The van der Waals surface area contributed by atoms with Crippen LogP contribution in [0.25, 0.3) is 0 Å². The van der Waals surface area contributed by atoms with Crippen LogP contribution in [0.4, 0.5) is 10.7 Å². The number of thiophene rings is 1. The predicted octanol–water partition coefficient (Wildman–Crippen LogP) is 4.65. The molecule has 0 fully saturated rings. The van der Waals surface area contributed by atoms with Crippen molar-refractivity contribution in [2.45, 2.75) is 37.5 Å². The summed E-state index contributed by atoms with van der Waals surface area (Å²) in [6.45, 7) is 1.85. The van der Waals surface area contributed by atoms with E-state index in [1.807, 2.05) is 6.92 Å². The highest BCUT2D eigenvalue weighted by molar-refractivity contribution is 7.92. The van der Waals surface area contributed by atoms with Gasteiger partial charge in [-0.25, -0.2) is 13.2 Å². The van der Waals surface area contributed by atoms with E-state index in [2.05, 4.69) is 5.32 Å². The molecular weight excluding hydrogens is 500 g/mol. The maximum atomic E-state index is 13.6. The Bertz CT molecular complexity index is 1330. The number of methoxy groups -OCH3 is 1. The van der Waals surface area contributed by atoms with E-state index in [1.165, 1.54) is 30.6 Å². The molecule has 2 aromatic carbocycles. The molecule has 0 bridgehead atoms. The van der Waals surface area contributed by atoms with Crippen LogP contribution in [0.1, 0.15) is 40.6 Å². The first kappa shape index (κ1) is 25.7. The lowest BCUT2D eigenvalue weighted by Gasteiger charge is -2.24. The number of esters is 1. The van der Waals surface area contributed by atoms with E-state index in [0.717, 1.165) is 40.4 Å². The van der Waals surface area contributed by atoms with Crippen molar-refractivity contribution in [3.05, 3.63) is 70.6 Å². The average Bonchev–Trinajstić information content (AvgIpc) is 3.25. The molecule has 0 radical (unpaired) electrons. The van der Waals surface area contributed by atoms with E-state index in [4.69, 9.17) is 9.47 Å². The van der Waals surface area contributed by atoms with Crippen LogP contribution in [0.5, 0.6) is 5.75 Å². The van der Waals surface area contributed by atoms with Gasteiger partial charge < -0.3 is 14.8 Å². The molecule has 1 amide bonds. The summed E-state index contributed by atoms with van der Waals surface area (Å²) >= 11 is 1.35. The molecule has 0 atom stereocenters. The second-order valence-electron chi connectivity index (χ2n) is 8.21. The van der Waals surface area contributed by atoms with E-state index < -0.39 is 28.4 Å². The first-order valence-electron chi connectivity index (χ1n) is 11.7. The van der Waals surface area contributed by atoms with Crippen LogP contribution in [0, 0.1) is 0 Å². The third-order valence-electron chi connectivity index (χ3n) is 5.87. The lowest BCUT2D eigenvalue weighted by Crippen LogP contribution is -2.38. The van der Waals surface area contributed by atoms with Gasteiger partial charge in [-0.15, -0.1) is 11.3 Å². The molecule has 0 spiro atoms. The number of fused-ring (bicyclic) bond motifs is 1. The van der Waals surface area contributed by atoms with E-state index in [0.29, 0.717) is 28.6 Å². The van der Waals surface area contributed by atoms with Gasteiger partial charge in [0.1, 0.15) is 17.3 Å². The zero-order valence-electron chi connectivity index (χ0n) is 20.2. The average molecular weight is 529 g/mol. The topological polar surface area (TPSA) is 102 Å². The van der Waals surface area contributed by atoms with Crippen molar-refractivity contribution in [3.63, 3.8) is 0 Å². The third-order valence-corrected chi connectivity index (χ3v) is 8.86. The lowest BCUT2D eigenvalue weighted by atomic mass is 9.95. The fourth-order valence-electron chi connectivity index (χ4n) is 4.18. The standard InChI is InChI=1S/C26H28N2O6S2/c1-3-34-19-15-13-18(14-16-19)28(36(31,32)20-9-5-4-6-10-20)17-23(29)27-25-24(26(30)33-2)21-11-7-8-12-22(21)35-25/h4-6,9-10,13-16H,3,7-8,11-12,17H2,1-2H3,(H,27,29). The molecule has 0 saturated carbocycles. The molecule has 3 aromatic rings. The number of hydrogen-bond acceptors (Lipinski definition) is 7. The molecule has 1 aromatic heterocycles. The Kier molecular flexibility index (Phi) is 7.95. The maximum Gasteiger partial charge on any atom is 0.341 e. The molecular formula is C26H28N2O6S2. The van der Waals surface area contributed by atoms with Gasteiger partial charge in [0.2, 0.25) is 5.91 Å². The number of sulfonamides is 1. The van der Waals surface area contributed by atoms with Gasteiger partial charge in [0.25, 0.3) is 10.0 Å². The van der Waals surface area contributed by atoms with Gasteiger partial charge in [-0.3, -0.25) is 9.10 Å². The van der Waals surface area contributed by atoms with Gasteiger partial charge in [-0.05, 0) is 74.6 Å². The minimum absolute atomic E-state index is 0.0634. The van der Waals surface area contributed by atoms with Crippen molar-refractivity contribution in [2.75, 3.05) is 29.9 Å². The van der Waals surface area contributed by atoms with Crippen molar-refractivity contribution in [1.82, 2.24) is 0 Å². The van der Waals surface area contributed by atoms with Gasteiger partial charge >= 0.3 is 5.97 Å². The van der Waals surface area contributed by atoms with Gasteiger partial charge in [-0.1, -0.05) is 18.2 Å². The van der Waals surface area contributed by atoms with Crippen LogP contribution in [-0.2, 0) is 32.4 Å². The number of anilines is 2. The van der Waals surface area contributed by atoms with Crippen LogP contribution < -0.4 is 14.4 Å². The molecule has 1 aliphatic rings. The summed E-state index contributed by atoms with van der Waals surface area (Å²) in [4.78, 5) is 26.9. The summed E-state index contributed by atoms with van der Waals surface area (Å²) in [6.07, 6.45) is 3.55. The molecule has 0 unspecified atom stereocenters. The normalized spacial score (nSPS) is 12.9. The van der Waals surface area contributed by atoms with Crippen molar-refractivity contribution in [2.24, 2.45) is 0 Å². The van der Waals surface area contributed by atoms with Crippen LogP contribution >= 0.6 is 11.3 Å². The van der Waals surface area contributed by atoms with Crippen LogP contribution in [0.3, 0.4) is 0 Å². The van der Waals surface area contributed by atoms with Crippen LogP contribution in [0.15, 0.2) is 59.5 Å². The number of ether oxygens (including phenoxy) is 2. The monoisotopic (exact) mass is 528 g/mol. The fraction of sp³-hybridized carbons (Fsp3) is 0.308. The Labute approximate surface area is 214 Å². The second kappa shape index (κ2) is 11.1. The predicted molar refractivity (Wildman–Crippen MR) is 140 cm³/mol. The Morgan fingerprint density at radius 3 is 2.39 bits per heavy atom. The summed E-state index contributed by atoms with van der Waals surface area (Å²) in [7, 11) is -2.75. The first-order valence-corrected chi connectivity index (χ1v) is 13.9. The van der Waals surface area contributed by atoms with Gasteiger partial charge in [0.15, 0.2) is 0 Å². The lowest BCUT2D eigenvalue weighted by molar-refractivity contribution is -0.114. The first-order chi connectivity index (χ1) is 17.3. The Hall–Kier alpha value is -3.37. The molecule has 0 aliphatic heterocycles. The molecule has 1 aliphatic carbocycles. The van der Waals surface area contributed by atoms with Crippen molar-refractivity contribution in [1.29, 1.82) is 0 Å². The van der Waals surface area contributed by atoms with Crippen molar-refractivity contribution < 1.29 is 27.5 Å². The zero-order chi connectivity index (χ0) is 25.7. The molecule has 4 rings (SSSR count). The van der Waals surface area contributed by atoms with E-state index in [1.54, 1.807) is 42.5 Å². The largest absolute Gasteiger partial charge is 0.494 e. The number of benzene rings is 2. The van der Waals surface area contributed by atoms with E-state index >= 15 is 0 Å². The number of carbonyl (C=O) groups is 2. The van der Waals surface area contributed by atoms with E-state index in [9.17, 15) is 18.0 Å². The highest BCUT2D eigenvalue weighted by atomic mass is 32.2.